The molecule has 0 aliphatic rings. The second-order valence-electron chi connectivity index (χ2n) is 6.69. The Bertz CT molecular complexity index is 1420. The number of hydrogen-bond donors (Lipinski definition) is 0. The van der Waals surface area contributed by atoms with Crippen LogP contribution in [0.25, 0.3) is 33.6 Å². The van der Waals surface area contributed by atoms with Crippen LogP contribution in [0.15, 0.2) is 57.7 Å². The Hall–Kier alpha value is -3.25. The van der Waals surface area contributed by atoms with Gasteiger partial charge in [-0.3, -0.25) is 4.79 Å². The molecule has 3 aromatic heterocycles. The Labute approximate surface area is 164 Å². The summed E-state index contributed by atoms with van der Waals surface area (Å²) in [6.45, 7) is 4.10. The standard InChI is InChI=1S/C22H17N3O2S/c1-3-14-8-10-15(11-9-14)12-18-21(26)25-22(28-18)23-20(24-25)19-13(2)16-6-4-5-7-17(16)27-19/h4-12H,3H2,1-2H3/b18-12-. The molecule has 28 heavy (non-hydrogen) atoms. The number of para-hydroxylation sites is 1. The predicted octanol–water partition coefficient (Wildman–Crippen LogP) is 3.98. The molecule has 5 nitrogen and oxygen atoms in total. The Kier molecular flexibility index (Phi) is 3.87. The Morgan fingerprint density at radius 3 is 2.64 bits per heavy atom. The van der Waals surface area contributed by atoms with Gasteiger partial charge >= 0.3 is 0 Å². The summed E-state index contributed by atoms with van der Waals surface area (Å²) in [5.74, 6) is 1.05. The largest absolute Gasteiger partial charge is 0.452 e. The molecule has 138 valence electrons. The van der Waals surface area contributed by atoms with Gasteiger partial charge in [0.1, 0.15) is 5.58 Å². The first-order valence-corrected chi connectivity index (χ1v) is 9.94. The Balaban J connectivity index is 1.60. The summed E-state index contributed by atoms with van der Waals surface area (Å²) >= 11 is 1.34. The van der Waals surface area contributed by atoms with Gasteiger partial charge in [-0.25, -0.2) is 0 Å². The third-order valence-corrected chi connectivity index (χ3v) is 5.87. The summed E-state index contributed by atoms with van der Waals surface area (Å²) in [6, 6.07) is 16.0. The maximum atomic E-state index is 12.8. The van der Waals surface area contributed by atoms with Gasteiger partial charge in [0.05, 0.1) is 4.53 Å². The van der Waals surface area contributed by atoms with E-state index in [1.54, 1.807) is 0 Å². The molecule has 0 saturated carbocycles. The number of benzene rings is 2. The van der Waals surface area contributed by atoms with E-state index >= 15 is 0 Å². The molecule has 0 N–H and O–H groups in total. The number of rotatable bonds is 3. The van der Waals surface area contributed by atoms with E-state index in [2.05, 4.69) is 29.1 Å². The van der Waals surface area contributed by atoms with E-state index in [4.69, 9.17) is 4.42 Å². The SMILES string of the molecule is CCc1ccc(/C=c2\sc3nc(-c4oc5ccccc5c4C)nn3c2=O)cc1. The second kappa shape index (κ2) is 6.42. The van der Waals surface area contributed by atoms with E-state index < -0.39 is 0 Å². The molecule has 5 aromatic rings. The average molecular weight is 387 g/mol. The lowest BCUT2D eigenvalue weighted by atomic mass is 10.1. The third kappa shape index (κ3) is 2.65. The van der Waals surface area contributed by atoms with Crippen LogP contribution in [-0.2, 0) is 6.42 Å². The van der Waals surface area contributed by atoms with Crippen molar-refractivity contribution in [2.45, 2.75) is 20.3 Å². The smallest absolute Gasteiger partial charge is 0.291 e. The molecule has 0 saturated heterocycles. The van der Waals surface area contributed by atoms with Crippen LogP contribution < -0.4 is 10.1 Å². The van der Waals surface area contributed by atoms with Gasteiger partial charge in [-0.1, -0.05) is 60.7 Å². The highest BCUT2D eigenvalue weighted by Gasteiger charge is 2.18. The lowest BCUT2D eigenvalue weighted by Crippen LogP contribution is -2.23. The molecule has 0 radical (unpaired) electrons. The van der Waals surface area contributed by atoms with E-state index in [1.165, 1.54) is 21.4 Å². The van der Waals surface area contributed by atoms with Gasteiger partial charge in [0.25, 0.3) is 5.56 Å². The van der Waals surface area contributed by atoms with Gasteiger partial charge in [0.2, 0.25) is 10.8 Å². The van der Waals surface area contributed by atoms with Crippen molar-refractivity contribution < 1.29 is 4.42 Å². The normalized spacial score (nSPS) is 12.4. The van der Waals surface area contributed by atoms with Crippen LogP contribution in [0.5, 0.6) is 0 Å². The molecular weight excluding hydrogens is 370 g/mol. The molecule has 6 heteroatoms. The first kappa shape index (κ1) is 16.9. The van der Waals surface area contributed by atoms with Crippen molar-refractivity contribution in [3.63, 3.8) is 0 Å². The number of fused-ring (bicyclic) bond motifs is 2. The summed E-state index contributed by atoms with van der Waals surface area (Å²) in [5.41, 5.74) is 3.87. The molecule has 0 aliphatic carbocycles. The van der Waals surface area contributed by atoms with Crippen molar-refractivity contribution in [1.82, 2.24) is 14.6 Å². The van der Waals surface area contributed by atoms with Crippen molar-refractivity contribution in [3.05, 3.63) is 80.1 Å². The molecule has 2 aromatic carbocycles. The number of thiazole rings is 1. The van der Waals surface area contributed by atoms with Gasteiger partial charge in [-0.05, 0) is 36.6 Å². The van der Waals surface area contributed by atoms with E-state index in [1.807, 2.05) is 49.4 Å². The zero-order valence-electron chi connectivity index (χ0n) is 15.5. The molecule has 0 amide bonds. The lowest BCUT2D eigenvalue weighted by molar-refractivity contribution is 0.622. The summed E-state index contributed by atoms with van der Waals surface area (Å²) in [5, 5.41) is 5.45. The van der Waals surface area contributed by atoms with Crippen molar-refractivity contribution >= 4 is 33.3 Å². The zero-order valence-corrected chi connectivity index (χ0v) is 16.3. The van der Waals surface area contributed by atoms with Gasteiger partial charge in [0, 0.05) is 10.9 Å². The van der Waals surface area contributed by atoms with E-state index in [0.717, 1.165) is 28.5 Å². The van der Waals surface area contributed by atoms with Gasteiger partial charge in [0.15, 0.2) is 5.76 Å². The molecule has 0 atom stereocenters. The topological polar surface area (TPSA) is 60.4 Å². The van der Waals surface area contributed by atoms with Crippen molar-refractivity contribution in [2.24, 2.45) is 0 Å². The van der Waals surface area contributed by atoms with E-state index in [-0.39, 0.29) is 5.56 Å². The maximum Gasteiger partial charge on any atom is 0.291 e. The molecule has 5 rings (SSSR count). The summed E-state index contributed by atoms with van der Waals surface area (Å²) in [6.07, 6.45) is 2.88. The van der Waals surface area contributed by atoms with Gasteiger partial charge in [-0.15, -0.1) is 5.10 Å². The monoisotopic (exact) mass is 387 g/mol. The molecule has 0 unspecified atom stereocenters. The molecule has 0 spiro atoms. The van der Waals surface area contributed by atoms with Crippen LogP contribution in [0, 0.1) is 6.92 Å². The molecule has 0 fully saturated rings. The Morgan fingerprint density at radius 2 is 1.93 bits per heavy atom. The highest BCUT2D eigenvalue weighted by atomic mass is 32.1. The minimum atomic E-state index is -0.160. The Morgan fingerprint density at radius 1 is 1.14 bits per heavy atom. The quantitative estimate of drug-likeness (QED) is 0.470. The van der Waals surface area contributed by atoms with Crippen LogP contribution >= 0.6 is 11.3 Å². The van der Waals surface area contributed by atoms with Crippen LogP contribution in [-0.4, -0.2) is 14.6 Å². The van der Waals surface area contributed by atoms with Gasteiger partial charge < -0.3 is 4.42 Å². The highest BCUT2D eigenvalue weighted by Crippen LogP contribution is 2.31. The minimum Gasteiger partial charge on any atom is -0.452 e. The fourth-order valence-corrected chi connectivity index (χ4v) is 4.23. The summed E-state index contributed by atoms with van der Waals surface area (Å²) in [4.78, 5) is 17.9. The maximum absolute atomic E-state index is 12.8. The number of furan rings is 1. The molecular formula is C22H17N3O2S. The van der Waals surface area contributed by atoms with Gasteiger partial charge in [-0.2, -0.15) is 9.50 Å². The first-order chi connectivity index (χ1) is 13.6. The fraction of sp³-hybridized carbons (Fsp3) is 0.136. The van der Waals surface area contributed by atoms with Crippen molar-refractivity contribution in [3.8, 4) is 11.6 Å². The first-order valence-electron chi connectivity index (χ1n) is 9.13. The minimum absolute atomic E-state index is 0.160. The highest BCUT2D eigenvalue weighted by molar-refractivity contribution is 7.15. The molecule has 0 aliphatic heterocycles. The molecule has 3 heterocycles. The number of aryl methyl sites for hydroxylation is 2. The number of aromatic nitrogens is 3. The summed E-state index contributed by atoms with van der Waals surface area (Å²) in [7, 11) is 0. The molecule has 0 bridgehead atoms. The number of hydrogen-bond acceptors (Lipinski definition) is 5. The predicted molar refractivity (Wildman–Crippen MR) is 112 cm³/mol. The van der Waals surface area contributed by atoms with Crippen LogP contribution in [0.3, 0.4) is 0 Å². The second-order valence-corrected chi connectivity index (χ2v) is 7.70. The zero-order chi connectivity index (χ0) is 19.3. The van der Waals surface area contributed by atoms with E-state index in [9.17, 15) is 4.79 Å². The lowest BCUT2D eigenvalue weighted by Gasteiger charge is -1.96. The van der Waals surface area contributed by atoms with Crippen molar-refractivity contribution in [2.75, 3.05) is 0 Å². The van der Waals surface area contributed by atoms with Crippen LogP contribution in [0.1, 0.15) is 23.6 Å². The average Bonchev–Trinajstić information content (AvgIpc) is 3.36. The fourth-order valence-electron chi connectivity index (χ4n) is 3.32. The third-order valence-electron chi connectivity index (χ3n) is 4.91. The van der Waals surface area contributed by atoms with Crippen LogP contribution in [0.2, 0.25) is 0 Å². The summed E-state index contributed by atoms with van der Waals surface area (Å²) < 4.78 is 7.91. The van der Waals surface area contributed by atoms with Crippen LogP contribution in [0.4, 0.5) is 0 Å². The number of nitrogens with zero attached hydrogens (tertiary/aromatic N) is 3. The van der Waals surface area contributed by atoms with E-state index in [0.29, 0.717) is 21.1 Å². The van der Waals surface area contributed by atoms with Crippen molar-refractivity contribution in [1.29, 1.82) is 0 Å².